The summed E-state index contributed by atoms with van der Waals surface area (Å²) in [5, 5.41) is 5.20. The lowest BCUT2D eigenvalue weighted by atomic mass is 10.2. The molecule has 0 unspecified atom stereocenters. The molecule has 3 heterocycles. The summed E-state index contributed by atoms with van der Waals surface area (Å²) in [6.45, 7) is 0.669. The number of nitrogens with zero attached hydrogens (tertiary/aromatic N) is 2. The standard InChI is InChI=1S/C15H11ClN4S/c16-11-3-4-12-14(20-8-21-12)13(11)18-6-9-7-19-15-10(9)2-1-5-17-15/h1-5,7-8,18H,6H2,(H,17,19). The van der Waals surface area contributed by atoms with Gasteiger partial charge < -0.3 is 10.3 Å². The molecule has 0 radical (unpaired) electrons. The Labute approximate surface area is 129 Å². The number of rotatable bonds is 3. The lowest BCUT2D eigenvalue weighted by Crippen LogP contribution is -2.00. The average molecular weight is 315 g/mol. The van der Waals surface area contributed by atoms with Gasteiger partial charge in [0.2, 0.25) is 0 Å². The maximum atomic E-state index is 6.30. The molecule has 21 heavy (non-hydrogen) atoms. The summed E-state index contributed by atoms with van der Waals surface area (Å²) in [7, 11) is 0. The van der Waals surface area contributed by atoms with Crippen LogP contribution in [-0.2, 0) is 6.54 Å². The first-order chi connectivity index (χ1) is 10.3. The minimum atomic E-state index is 0.669. The summed E-state index contributed by atoms with van der Waals surface area (Å²) in [6, 6.07) is 7.89. The average Bonchev–Trinajstić information content (AvgIpc) is 3.13. The molecule has 4 nitrogen and oxygen atoms in total. The van der Waals surface area contributed by atoms with Gasteiger partial charge in [0.05, 0.1) is 20.9 Å². The number of pyridine rings is 1. The van der Waals surface area contributed by atoms with E-state index in [2.05, 4.69) is 26.3 Å². The van der Waals surface area contributed by atoms with Crippen LogP contribution in [0.1, 0.15) is 5.56 Å². The predicted molar refractivity (Wildman–Crippen MR) is 88.1 cm³/mol. The number of aromatic nitrogens is 3. The van der Waals surface area contributed by atoms with Crippen molar-refractivity contribution in [1.29, 1.82) is 0 Å². The van der Waals surface area contributed by atoms with E-state index in [4.69, 9.17) is 11.6 Å². The van der Waals surface area contributed by atoms with Gasteiger partial charge in [-0.05, 0) is 29.8 Å². The van der Waals surface area contributed by atoms with Crippen molar-refractivity contribution in [1.82, 2.24) is 15.0 Å². The van der Waals surface area contributed by atoms with Crippen molar-refractivity contribution in [3.05, 3.63) is 52.8 Å². The van der Waals surface area contributed by atoms with Crippen molar-refractivity contribution in [2.75, 3.05) is 5.32 Å². The summed E-state index contributed by atoms with van der Waals surface area (Å²) >= 11 is 7.91. The van der Waals surface area contributed by atoms with Gasteiger partial charge in [-0.25, -0.2) is 9.97 Å². The number of hydrogen-bond donors (Lipinski definition) is 2. The highest BCUT2D eigenvalue weighted by atomic mass is 35.5. The summed E-state index contributed by atoms with van der Waals surface area (Å²) in [5.41, 5.74) is 5.69. The summed E-state index contributed by atoms with van der Waals surface area (Å²) in [5.74, 6) is 0. The number of H-pyrrole nitrogens is 1. The highest BCUT2D eigenvalue weighted by molar-refractivity contribution is 7.16. The number of hydrogen-bond acceptors (Lipinski definition) is 4. The number of fused-ring (bicyclic) bond motifs is 2. The SMILES string of the molecule is Clc1ccc2scnc2c1NCc1c[nH]c2ncccc12. The molecule has 0 atom stereocenters. The minimum Gasteiger partial charge on any atom is -0.378 e. The van der Waals surface area contributed by atoms with E-state index in [1.54, 1.807) is 17.5 Å². The van der Waals surface area contributed by atoms with Crippen LogP contribution in [0, 0.1) is 0 Å². The van der Waals surface area contributed by atoms with Crippen LogP contribution in [0.3, 0.4) is 0 Å². The smallest absolute Gasteiger partial charge is 0.137 e. The van der Waals surface area contributed by atoms with Gasteiger partial charge >= 0.3 is 0 Å². The zero-order valence-corrected chi connectivity index (χ0v) is 12.5. The molecule has 0 saturated carbocycles. The molecular weight excluding hydrogens is 304 g/mol. The molecule has 104 valence electrons. The van der Waals surface area contributed by atoms with E-state index in [1.165, 1.54) is 0 Å². The van der Waals surface area contributed by atoms with E-state index < -0.39 is 0 Å². The second kappa shape index (κ2) is 5.02. The van der Waals surface area contributed by atoms with Crippen molar-refractivity contribution >= 4 is 49.9 Å². The molecule has 0 fully saturated rings. The molecule has 0 aliphatic carbocycles. The largest absolute Gasteiger partial charge is 0.378 e. The van der Waals surface area contributed by atoms with Gasteiger partial charge in [-0.15, -0.1) is 11.3 Å². The van der Waals surface area contributed by atoms with Crippen LogP contribution in [0.5, 0.6) is 0 Å². The molecule has 1 aromatic carbocycles. The zero-order chi connectivity index (χ0) is 14.2. The molecular formula is C15H11ClN4S. The van der Waals surface area contributed by atoms with Crippen molar-refractivity contribution in [3.8, 4) is 0 Å². The minimum absolute atomic E-state index is 0.669. The first kappa shape index (κ1) is 12.6. The summed E-state index contributed by atoms with van der Waals surface area (Å²) in [4.78, 5) is 11.9. The maximum Gasteiger partial charge on any atom is 0.137 e. The number of nitrogens with one attached hydrogen (secondary N) is 2. The Bertz CT molecular complexity index is 928. The van der Waals surface area contributed by atoms with Crippen molar-refractivity contribution in [2.45, 2.75) is 6.54 Å². The molecule has 6 heteroatoms. The molecule has 0 saturated heterocycles. The van der Waals surface area contributed by atoms with Crippen molar-refractivity contribution in [2.24, 2.45) is 0 Å². The van der Waals surface area contributed by atoms with Crippen LogP contribution < -0.4 is 5.32 Å². The quantitative estimate of drug-likeness (QED) is 0.588. The van der Waals surface area contributed by atoms with Crippen molar-refractivity contribution < 1.29 is 0 Å². The third kappa shape index (κ3) is 2.14. The zero-order valence-electron chi connectivity index (χ0n) is 10.9. The first-order valence-electron chi connectivity index (χ1n) is 6.49. The molecule has 0 amide bonds. The molecule has 3 aromatic heterocycles. The van der Waals surface area contributed by atoms with Crippen LogP contribution in [0.25, 0.3) is 21.3 Å². The Hall–Kier alpha value is -2.11. The molecule has 0 aliphatic rings. The van der Waals surface area contributed by atoms with Gasteiger partial charge in [0.1, 0.15) is 11.2 Å². The van der Waals surface area contributed by atoms with E-state index in [-0.39, 0.29) is 0 Å². The lowest BCUT2D eigenvalue weighted by Gasteiger charge is -2.08. The van der Waals surface area contributed by atoms with E-state index in [9.17, 15) is 0 Å². The molecule has 0 aliphatic heterocycles. The Morgan fingerprint density at radius 2 is 2.19 bits per heavy atom. The Balaban J connectivity index is 1.69. The van der Waals surface area contributed by atoms with Crippen LogP contribution in [0.15, 0.2) is 42.2 Å². The number of aromatic amines is 1. The first-order valence-corrected chi connectivity index (χ1v) is 7.75. The second-order valence-electron chi connectivity index (χ2n) is 4.69. The summed E-state index contributed by atoms with van der Waals surface area (Å²) < 4.78 is 1.13. The Morgan fingerprint density at radius 3 is 3.14 bits per heavy atom. The molecule has 0 bridgehead atoms. The van der Waals surface area contributed by atoms with Gasteiger partial charge in [-0.2, -0.15) is 0 Å². The molecule has 4 aromatic rings. The highest BCUT2D eigenvalue weighted by Crippen LogP contribution is 2.32. The molecule has 2 N–H and O–H groups in total. The fourth-order valence-electron chi connectivity index (χ4n) is 2.42. The predicted octanol–water partition coefficient (Wildman–Crippen LogP) is 4.44. The number of benzene rings is 1. The number of anilines is 1. The van der Waals surface area contributed by atoms with Gasteiger partial charge in [-0.1, -0.05) is 11.6 Å². The van der Waals surface area contributed by atoms with E-state index in [0.29, 0.717) is 11.6 Å². The van der Waals surface area contributed by atoms with Crippen molar-refractivity contribution in [3.63, 3.8) is 0 Å². The molecule has 4 rings (SSSR count). The van der Waals surface area contributed by atoms with E-state index >= 15 is 0 Å². The van der Waals surface area contributed by atoms with Gasteiger partial charge in [0, 0.05) is 24.3 Å². The fourth-order valence-corrected chi connectivity index (χ4v) is 3.32. The van der Waals surface area contributed by atoms with E-state index in [1.807, 2.05) is 29.9 Å². The third-order valence-corrected chi connectivity index (χ3v) is 4.55. The number of thiazole rings is 1. The summed E-state index contributed by atoms with van der Waals surface area (Å²) in [6.07, 6.45) is 3.75. The van der Waals surface area contributed by atoms with Crippen LogP contribution in [-0.4, -0.2) is 15.0 Å². The Morgan fingerprint density at radius 1 is 1.24 bits per heavy atom. The van der Waals surface area contributed by atoms with Gasteiger partial charge in [-0.3, -0.25) is 0 Å². The van der Waals surface area contributed by atoms with Gasteiger partial charge in [0.25, 0.3) is 0 Å². The number of halogens is 1. The topological polar surface area (TPSA) is 53.6 Å². The van der Waals surface area contributed by atoms with Gasteiger partial charge in [0.15, 0.2) is 0 Å². The normalized spacial score (nSPS) is 11.3. The van der Waals surface area contributed by atoms with E-state index in [0.717, 1.165) is 32.5 Å². The van der Waals surface area contributed by atoms with Crippen LogP contribution in [0.4, 0.5) is 5.69 Å². The lowest BCUT2D eigenvalue weighted by molar-refractivity contribution is 1.17. The highest BCUT2D eigenvalue weighted by Gasteiger charge is 2.10. The Kier molecular flexibility index (Phi) is 3.02. The maximum absolute atomic E-state index is 6.30. The van der Waals surface area contributed by atoms with Crippen LogP contribution in [0.2, 0.25) is 5.02 Å². The monoisotopic (exact) mass is 314 g/mol. The molecule has 0 spiro atoms. The van der Waals surface area contributed by atoms with Crippen LogP contribution >= 0.6 is 22.9 Å². The fraction of sp³-hybridized carbons (Fsp3) is 0.0667. The second-order valence-corrected chi connectivity index (χ2v) is 5.98. The third-order valence-electron chi connectivity index (χ3n) is 3.44.